The Morgan fingerprint density at radius 1 is 0.950 bits per heavy atom. The zero-order chi connectivity index (χ0) is 14.7. The van der Waals surface area contributed by atoms with Crippen LogP contribution in [0.5, 0.6) is 0 Å². The van der Waals surface area contributed by atoms with E-state index in [0.717, 1.165) is 6.54 Å². The largest absolute Gasteiger partial charge is 0.344 e. The van der Waals surface area contributed by atoms with Crippen molar-refractivity contribution in [3.8, 4) is 0 Å². The summed E-state index contributed by atoms with van der Waals surface area (Å²) >= 11 is 0. The van der Waals surface area contributed by atoms with Gasteiger partial charge in [-0.2, -0.15) is 0 Å². The van der Waals surface area contributed by atoms with Crippen LogP contribution in [0.15, 0.2) is 36.4 Å². The van der Waals surface area contributed by atoms with Crippen molar-refractivity contribution in [1.82, 2.24) is 5.32 Å². The summed E-state index contributed by atoms with van der Waals surface area (Å²) in [5, 5.41) is 3.19. The number of aryl methyl sites for hydroxylation is 3. The zero-order valence-corrected chi connectivity index (χ0v) is 13.1. The fourth-order valence-electron chi connectivity index (χ4n) is 2.69. The SMILES string of the molecule is CNCc1ccc(N(C)c2cc(C)cc(C)c2)c(C)c1. The molecule has 0 aliphatic heterocycles. The van der Waals surface area contributed by atoms with Gasteiger partial charge in [-0.05, 0) is 68.3 Å². The second kappa shape index (κ2) is 6.10. The molecule has 0 saturated heterocycles. The van der Waals surface area contributed by atoms with E-state index in [-0.39, 0.29) is 0 Å². The summed E-state index contributed by atoms with van der Waals surface area (Å²) < 4.78 is 0. The minimum absolute atomic E-state index is 0.911. The summed E-state index contributed by atoms with van der Waals surface area (Å²) in [4.78, 5) is 2.26. The van der Waals surface area contributed by atoms with Gasteiger partial charge < -0.3 is 10.2 Å². The molecule has 0 radical (unpaired) electrons. The van der Waals surface area contributed by atoms with Gasteiger partial charge in [0, 0.05) is 25.0 Å². The lowest BCUT2D eigenvalue weighted by Gasteiger charge is -2.23. The minimum Gasteiger partial charge on any atom is -0.344 e. The molecule has 0 unspecified atom stereocenters. The van der Waals surface area contributed by atoms with Gasteiger partial charge in [-0.3, -0.25) is 0 Å². The number of anilines is 2. The molecule has 2 nitrogen and oxygen atoms in total. The molecule has 0 atom stereocenters. The first kappa shape index (κ1) is 14.6. The van der Waals surface area contributed by atoms with Crippen molar-refractivity contribution in [2.75, 3.05) is 19.0 Å². The van der Waals surface area contributed by atoms with Crippen LogP contribution in [-0.2, 0) is 6.54 Å². The molecular formula is C18H24N2. The molecule has 2 aromatic rings. The Morgan fingerprint density at radius 2 is 1.60 bits per heavy atom. The number of rotatable bonds is 4. The lowest BCUT2D eigenvalue weighted by atomic mass is 10.1. The second-order valence-electron chi connectivity index (χ2n) is 5.56. The summed E-state index contributed by atoms with van der Waals surface area (Å²) in [6.45, 7) is 7.38. The molecule has 0 aromatic heterocycles. The van der Waals surface area contributed by atoms with Crippen LogP contribution < -0.4 is 10.2 Å². The lowest BCUT2D eigenvalue weighted by Crippen LogP contribution is -2.12. The standard InChI is InChI=1S/C18H24N2/c1-13-8-14(2)10-17(9-13)20(5)18-7-6-16(12-19-4)11-15(18)3/h6-11,19H,12H2,1-5H3. The Kier molecular flexibility index (Phi) is 4.46. The number of hydrogen-bond donors (Lipinski definition) is 1. The van der Waals surface area contributed by atoms with E-state index in [2.05, 4.69) is 74.4 Å². The van der Waals surface area contributed by atoms with Crippen molar-refractivity contribution in [2.24, 2.45) is 0 Å². The lowest BCUT2D eigenvalue weighted by molar-refractivity contribution is 0.817. The van der Waals surface area contributed by atoms with Gasteiger partial charge in [0.05, 0.1) is 0 Å². The van der Waals surface area contributed by atoms with Crippen LogP contribution in [0.2, 0.25) is 0 Å². The average Bonchev–Trinajstić information content (AvgIpc) is 2.37. The molecule has 0 fully saturated rings. The summed E-state index contributed by atoms with van der Waals surface area (Å²) in [5.41, 5.74) is 7.73. The van der Waals surface area contributed by atoms with Gasteiger partial charge in [0.25, 0.3) is 0 Å². The summed E-state index contributed by atoms with van der Waals surface area (Å²) in [6.07, 6.45) is 0. The molecule has 0 aliphatic rings. The number of nitrogens with one attached hydrogen (secondary N) is 1. The maximum Gasteiger partial charge on any atom is 0.0438 e. The first-order chi connectivity index (χ1) is 9.51. The van der Waals surface area contributed by atoms with Crippen molar-refractivity contribution < 1.29 is 0 Å². The highest BCUT2D eigenvalue weighted by molar-refractivity contribution is 5.67. The van der Waals surface area contributed by atoms with E-state index in [0.29, 0.717) is 0 Å². The van der Waals surface area contributed by atoms with Gasteiger partial charge >= 0.3 is 0 Å². The van der Waals surface area contributed by atoms with Gasteiger partial charge in [0.15, 0.2) is 0 Å². The maximum absolute atomic E-state index is 3.19. The van der Waals surface area contributed by atoms with E-state index in [1.807, 2.05) is 7.05 Å². The van der Waals surface area contributed by atoms with Gasteiger partial charge in [0.2, 0.25) is 0 Å². The predicted octanol–water partition coefficient (Wildman–Crippen LogP) is 4.10. The fraction of sp³-hybridized carbons (Fsp3) is 0.333. The summed E-state index contributed by atoms with van der Waals surface area (Å²) in [6, 6.07) is 13.3. The summed E-state index contributed by atoms with van der Waals surface area (Å²) in [7, 11) is 4.11. The van der Waals surface area contributed by atoms with Crippen molar-refractivity contribution in [3.63, 3.8) is 0 Å². The van der Waals surface area contributed by atoms with E-state index < -0.39 is 0 Å². The van der Waals surface area contributed by atoms with Crippen molar-refractivity contribution in [1.29, 1.82) is 0 Å². The van der Waals surface area contributed by atoms with Crippen LogP contribution in [-0.4, -0.2) is 14.1 Å². The fourth-order valence-corrected chi connectivity index (χ4v) is 2.69. The van der Waals surface area contributed by atoms with Crippen LogP contribution in [0.4, 0.5) is 11.4 Å². The molecule has 0 bridgehead atoms. The first-order valence-electron chi connectivity index (χ1n) is 7.07. The monoisotopic (exact) mass is 268 g/mol. The maximum atomic E-state index is 3.19. The molecule has 2 heteroatoms. The Hall–Kier alpha value is -1.80. The number of hydrogen-bond acceptors (Lipinski definition) is 2. The predicted molar refractivity (Wildman–Crippen MR) is 87.9 cm³/mol. The molecule has 20 heavy (non-hydrogen) atoms. The molecule has 2 aromatic carbocycles. The van der Waals surface area contributed by atoms with E-state index in [1.165, 1.54) is 33.6 Å². The third-order valence-electron chi connectivity index (χ3n) is 3.60. The van der Waals surface area contributed by atoms with Crippen molar-refractivity contribution >= 4 is 11.4 Å². The van der Waals surface area contributed by atoms with Crippen LogP contribution in [0, 0.1) is 20.8 Å². The van der Waals surface area contributed by atoms with Crippen LogP contribution in [0.25, 0.3) is 0 Å². The van der Waals surface area contributed by atoms with Gasteiger partial charge in [-0.15, -0.1) is 0 Å². The Balaban J connectivity index is 2.35. The van der Waals surface area contributed by atoms with E-state index in [1.54, 1.807) is 0 Å². The Morgan fingerprint density at radius 3 is 2.15 bits per heavy atom. The Labute approximate surface area is 122 Å². The zero-order valence-electron chi connectivity index (χ0n) is 13.1. The second-order valence-corrected chi connectivity index (χ2v) is 5.56. The molecule has 0 heterocycles. The molecule has 0 saturated carbocycles. The summed E-state index contributed by atoms with van der Waals surface area (Å²) in [5.74, 6) is 0. The quantitative estimate of drug-likeness (QED) is 0.898. The minimum atomic E-state index is 0.911. The normalized spacial score (nSPS) is 10.7. The Bertz CT molecular complexity index is 582. The van der Waals surface area contributed by atoms with Crippen LogP contribution >= 0.6 is 0 Å². The average molecular weight is 268 g/mol. The highest BCUT2D eigenvalue weighted by Gasteiger charge is 2.08. The number of benzene rings is 2. The van der Waals surface area contributed by atoms with E-state index in [9.17, 15) is 0 Å². The highest BCUT2D eigenvalue weighted by Crippen LogP contribution is 2.28. The topological polar surface area (TPSA) is 15.3 Å². The van der Waals surface area contributed by atoms with Gasteiger partial charge in [0.1, 0.15) is 0 Å². The van der Waals surface area contributed by atoms with Crippen LogP contribution in [0.1, 0.15) is 22.3 Å². The van der Waals surface area contributed by atoms with Gasteiger partial charge in [-0.1, -0.05) is 18.2 Å². The molecule has 0 aliphatic carbocycles. The van der Waals surface area contributed by atoms with Crippen molar-refractivity contribution in [2.45, 2.75) is 27.3 Å². The molecule has 2 rings (SSSR count). The third kappa shape index (κ3) is 3.20. The molecular weight excluding hydrogens is 244 g/mol. The smallest absolute Gasteiger partial charge is 0.0438 e. The highest BCUT2D eigenvalue weighted by atomic mass is 15.1. The molecule has 1 N–H and O–H groups in total. The number of nitrogens with zero attached hydrogens (tertiary/aromatic N) is 1. The van der Waals surface area contributed by atoms with E-state index in [4.69, 9.17) is 0 Å². The molecule has 0 spiro atoms. The molecule has 0 amide bonds. The first-order valence-corrected chi connectivity index (χ1v) is 7.07. The van der Waals surface area contributed by atoms with Gasteiger partial charge in [-0.25, -0.2) is 0 Å². The third-order valence-corrected chi connectivity index (χ3v) is 3.60. The van der Waals surface area contributed by atoms with E-state index >= 15 is 0 Å². The molecule has 106 valence electrons. The van der Waals surface area contributed by atoms with Crippen LogP contribution in [0.3, 0.4) is 0 Å². The van der Waals surface area contributed by atoms with Crippen molar-refractivity contribution in [3.05, 3.63) is 58.7 Å².